The summed E-state index contributed by atoms with van der Waals surface area (Å²) in [5.74, 6) is 1.80. The van der Waals surface area contributed by atoms with E-state index in [1.807, 2.05) is 0 Å². The maximum Gasteiger partial charge on any atom is 0.503 e. The third kappa shape index (κ3) is 380. The summed E-state index contributed by atoms with van der Waals surface area (Å²) in [7, 11) is 0. The molecule has 0 aliphatic carbocycles. The minimum absolute atomic E-state index is 0. The summed E-state index contributed by atoms with van der Waals surface area (Å²) in [5, 5.41) is 27.9. The first-order valence-electron chi connectivity index (χ1n) is 8.26. The van der Waals surface area contributed by atoms with Crippen molar-refractivity contribution in [3.63, 3.8) is 0 Å². The van der Waals surface area contributed by atoms with Crippen molar-refractivity contribution >= 4 is 12.3 Å². The quantitative estimate of drug-likeness (QED) is 0.417. The van der Waals surface area contributed by atoms with E-state index in [-0.39, 0.29) is 7.43 Å². The highest BCUT2D eigenvalue weighted by atomic mass is 16.6. The molecular formula is C18H44O6. The van der Waals surface area contributed by atoms with E-state index in [4.69, 9.17) is 30.0 Å². The zero-order chi connectivity index (χ0) is 19.8. The second-order valence-electron chi connectivity index (χ2n) is 5.64. The Hall–Kier alpha value is -1.46. The fraction of sp³-hybridized carbons (Fsp3) is 0.889. The van der Waals surface area contributed by atoms with E-state index in [9.17, 15) is 0 Å². The molecule has 0 unspecified atom stereocenters. The van der Waals surface area contributed by atoms with Crippen LogP contribution >= 0.6 is 0 Å². The molecule has 0 aliphatic rings. The molecule has 0 aromatic rings. The standard InChI is InChI=1S/2C6H14.C3H8.2CH2O3.CH4/c2*1-4-5-6(2)3;1-3-2;2*2-1(3)4;/h2*6H,4-5H2,1-3H3;3H2,1-2H3;2*(H2,2,3,4);1H4. The van der Waals surface area contributed by atoms with Crippen LogP contribution < -0.4 is 0 Å². The van der Waals surface area contributed by atoms with Crippen molar-refractivity contribution in [1.29, 1.82) is 0 Å². The first-order chi connectivity index (χ1) is 10.4. The Morgan fingerprint density at radius 3 is 0.792 bits per heavy atom. The number of hydrogen-bond acceptors (Lipinski definition) is 2. The van der Waals surface area contributed by atoms with E-state index in [2.05, 4.69) is 55.4 Å². The number of carboxylic acid groups (broad SMARTS) is 4. The Kier molecular flexibility index (Phi) is 59.9. The molecule has 0 rings (SSSR count). The zero-order valence-electron chi connectivity index (χ0n) is 16.3. The van der Waals surface area contributed by atoms with Gasteiger partial charge in [0.2, 0.25) is 0 Å². The molecule has 0 aromatic heterocycles. The van der Waals surface area contributed by atoms with Crippen LogP contribution in [0.25, 0.3) is 0 Å². The van der Waals surface area contributed by atoms with E-state index in [1.165, 1.54) is 32.1 Å². The molecule has 0 saturated carbocycles. The fourth-order valence-electron chi connectivity index (χ4n) is 1.15. The summed E-state index contributed by atoms with van der Waals surface area (Å²) < 4.78 is 0. The van der Waals surface area contributed by atoms with E-state index >= 15 is 0 Å². The molecule has 0 aromatic carbocycles. The molecule has 0 saturated heterocycles. The smallest absolute Gasteiger partial charge is 0.450 e. The van der Waals surface area contributed by atoms with Gasteiger partial charge in [-0.1, -0.05) is 94.9 Å². The van der Waals surface area contributed by atoms with Crippen LogP contribution in [0.15, 0.2) is 0 Å². The van der Waals surface area contributed by atoms with Gasteiger partial charge in [-0.25, -0.2) is 9.59 Å². The van der Waals surface area contributed by atoms with Crippen LogP contribution in [0, 0.1) is 11.8 Å². The summed E-state index contributed by atoms with van der Waals surface area (Å²) in [6.45, 7) is 17.7. The monoisotopic (exact) mass is 356 g/mol. The third-order valence-electron chi connectivity index (χ3n) is 1.73. The molecule has 0 radical (unpaired) electrons. The van der Waals surface area contributed by atoms with Crippen LogP contribution in [0.2, 0.25) is 0 Å². The second kappa shape index (κ2) is 37.6. The Morgan fingerprint density at radius 1 is 0.667 bits per heavy atom. The van der Waals surface area contributed by atoms with Crippen LogP contribution in [0.5, 0.6) is 0 Å². The van der Waals surface area contributed by atoms with Gasteiger partial charge in [-0.3, -0.25) is 0 Å². The van der Waals surface area contributed by atoms with Crippen molar-refractivity contribution in [2.45, 2.75) is 94.9 Å². The van der Waals surface area contributed by atoms with Gasteiger partial charge in [-0.15, -0.1) is 0 Å². The van der Waals surface area contributed by atoms with Crippen LogP contribution in [0.4, 0.5) is 9.59 Å². The maximum absolute atomic E-state index is 8.56. The van der Waals surface area contributed by atoms with Crippen molar-refractivity contribution in [2.24, 2.45) is 11.8 Å². The molecule has 0 aliphatic heterocycles. The van der Waals surface area contributed by atoms with Crippen molar-refractivity contribution in [2.75, 3.05) is 0 Å². The van der Waals surface area contributed by atoms with Crippen LogP contribution in [-0.2, 0) is 0 Å². The predicted molar refractivity (Wildman–Crippen MR) is 103 cm³/mol. The minimum atomic E-state index is -1.83. The Balaban J connectivity index is -0.0000000428. The number of carbonyl (C=O) groups is 2. The van der Waals surface area contributed by atoms with E-state index < -0.39 is 12.3 Å². The van der Waals surface area contributed by atoms with Gasteiger partial charge in [0, 0.05) is 0 Å². The van der Waals surface area contributed by atoms with Gasteiger partial charge >= 0.3 is 12.3 Å². The molecule has 0 spiro atoms. The fourth-order valence-corrected chi connectivity index (χ4v) is 1.15. The maximum atomic E-state index is 8.56. The first kappa shape index (κ1) is 38.2. The van der Waals surface area contributed by atoms with Crippen LogP contribution in [-0.4, -0.2) is 32.7 Å². The molecule has 4 N–H and O–H groups in total. The summed E-state index contributed by atoms with van der Waals surface area (Å²) >= 11 is 0. The summed E-state index contributed by atoms with van der Waals surface area (Å²) in [4.78, 5) is 17.1. The molecule has 24 heavy (non-hydrogen) atoms. The van der Waals surface area contributed by atoms with Gasteiger partial charge in [-0.2, -0.15) is 0 Å². The first-order valence-corrected chi connectivity index (χ1v) is 8.26. The zero-order valence-corrected chi connectivity index (χ0v) is 16.3. The molecule has 0 fully saturated rings. The molecule has 0 bridgehead atoms. The van der Waals surface area contributed by atoms with Crippen molar-refractivity contribution in [1.82, 2.24) is 0 Å². The summed E-state index contributed by atoms with van der Waals surface area (Å²) in [5.41, 5.74) is 0. The number of rotatable bonds is 4. The molecule has 6 heteroatoms. The summed E-state index contributed by atoms with van der Waals surface area (Å²) in [6, 6.07) is 0. The van der Waals surface area contributed by atoms with Crippen LogP contribution in [0.3, 0.4) is 0 Å². The van der Waals surface area contributed by atoms with Gasteiger partial charge in [0.05, 0.1) is 0 Å². The third-order valence-corrected chi connectivity index (χ3v) is 1.73. The normalized spacial score (nSPS) is 7.75. The molecule has 152 valence electrons. The van der Waals surface area contributed by atoms with E-state index in [0.29, 0.717) is 0 Å². The lowest BCUT2D eigenvalue weighted by atomic mass is 10.1. The average molecular weight is 357 g/mol. The molecule has 0 atom stereocenters. The van der Waals surface area contributed by atoms with Gasteiger partial charge in [0.1, 0.15) is 0 Å². The lowest BCUT2D eigenvalue weighted by Gasteiger charge is -1.95. The SMILES string of the molecule is C.CCC.CCCC(C)C.CCCC(C)C.O=C(O)O.O=C(O)O. The van der Waals surface area contributed by atoms with E-state index in [1.54, 1.807) is 0 Å². The molecular weight excluding hydrogens is 312 g/mol. The highest BCUT2D eigenvalue weighted by Gasteiger charge is 1.86. The average Bonchev–Trinajstić information content (AvgIpc) is 2.28. The van der Waals surface area contributed by atoms with Crippen molar-refractivity contribution < 1.29 is 30.0 Å². The highest BCUT2D eigenvalue weighted by Crippen LogP contribution is 2.00. The molecule has 0 heterocycles. The molecule has 0 amide bonds. The second-order valence-corrected chi connectivity index (χ2v) is 5.64. The van der Waals surface area contributed by atoms with Crippen molar-refractivity contribution in [3.8, 4) is 0 Å². The van der Waals surface area contributed by atoms with Crippen LogP contribution in [0.1, 0.15) is 94.9 Å². The Labute approximate surface area is 149 Å². The lowest BCUT2D eigenvalue weighted by Crippen LogP contribution is -1.81. The minimum Gasteiger partial charge on any atom is -0.450 e. The lowest BCUT2D eigenvalue weighted by molar-refractivity contribution is 0.135. The largest absolute Gasteiger partial charge is 0.503 e. The van der Waals surface area contributed by atoms with Gasteiger partial charge in [0.15, 0.2) is 0 Å². The highest BCUT2D eigenvalue weighted by molar-refractivity contribution is 5.53. The Morgan fingerprint density at radius 2 is 0.792 bits per heavy atom. The Bertz CT molecular complexity index is 186. The van der Waals surface area contributed by atoms with Gasteiger partial charge in [-0.05, 0) is 11.8 Å². The topological polar surface area (TPSA) is 115 Å². The summed E-state index contributed by atoms with van der Waals surface area (Å²) in [6.07, 6.45) is 3.00. The predicted octanol–water partition coefficient (Wildman–Crippen LogP) is 7.38. The van der Waals surface area contributed by atoms with Crippen molar-refractivity contribution in [3.05, 3.63) is 0 Å². The number of hydrogen-bond donors (Lipinski definition) is 4. The van der Waals surface area contributed by atoms with E-state index in [0.717, 1.165) is 11.8 Å². The van der Waals surface area contributed by atoms with Gasteiger partial charge < -0.3 is 20.4 Å². The molecule has 6 nitrogen and oxygen atoms in total. The van der Waals surface area contributed by atoms with Gasteiger partial charge in [0.25, 0.3) is 0 Å².